The van der Waals surface area contributed by atoms with Crippen LogP contribution >= 0.6 is 0 Å². The monoisotopic (exact) mass is 503 g/mol. The molecule has 0 aromatic carbocycles. The molecule has 0 spiro atoms. The summed E-state index contributed by atoms with van der Waals surface area (Å²) >= 11 is 0. The molecule has 0 bridgehead atoms. The van der Waals surface area contributed by atoms with Crippen molar-refractivity contribution in [3.63, 3.8) is 0 Å². The lowest BCUT2D eigenvalue weighted by atomic mass is 10.0. The number of hydrogen-bond donors (Lipinski definition) is 3. The average molecular weight is 504 g/mol. The fourth-order valence-electron chi connectivity index (χ4n) is 5.98. The van der Waals surface area contributed by atoms with E-state index in [-0.39, 0.29) is 23.4 Å². The molecule has 37 heavy (non-hydrogen) atoms. The summed E-state index contributed by atoms with van der Waals surface area (Å²) < 4.78 is 1.93. The van der Waals surface area contributed by atoms with Crippen LogP contribution in [0.3, 0.4) is 0 Å². The summed E-state index contributed by atoms with van der Waals surface area (Å²) in [6, 6.07) is 6.00. The van der Waals surface area contributed by atoms with Gasteiger partial charge in [0, 0.05) is 49.0 Å². The van der Waals surface area contributed by atoms with Gasteiger partial charge in [-0.3, -0.25) is 14.3 Å². The summed E-state index contributed by atoms with van der Waals surface area (Å²) in [5, 5.41) is 14.4. The Morgan fingerprint density at radius 3 is 2.86 bits per heavy atom. The summed E-state index contributed by atoms with van der Waals surface area (Å²) in [6.07, 6.45) is 11.1. The molecule has 0 radical (unpaired) electrons. The summed E-state index contributed by atoms with van der Waals surface area (Å²) in [5.41, 5.74) is 2.17. The Labute approximate surface area is 217 Å². The minimum absolute atomic E-state index is 0.110. The molecule has 7 rings (SSSR count). The first-order valence-electron chi connectivity index (χ1n) is 14.0. The number of rotatable bonds is 8. The van der Waals surface area contributed by atoms with E-state index >= 15 is 0 Å². The first-order valence-corrected chi connectivity index (χ1v) is 14.0. The third kappa shape index (κ3) is 4.67. The molecule has 5 heterocycles. The molecule has 10 nitrogen and oxygen atoms in total. The second-order valence-corrected chi connectivity index (χ2v) is 11.8. The molecule has 2 atom stereocenters. The number of fused-ring (bicyclic) bond motifs is 1. The largest absolute Gasteiger partial charge is 0.350 e. The number of nitrogens with zero attached hydrogens (tertiary/aromatic N) is 6. The molecule has 3 aromatic heterocycles. The van der Waals surface area contributed by atoms with Crippen LogP contribution in [0.5, 0.6) is 0 Å². The summed E-state index contributed by atoms with van der Waals surface area (Å²) in [7, 11) is 0. The van der Waals surface area contributed by atoms with Gasteiger partial charge in [0.05, 0.1) is 0 Å². The number of hydrogen-bond acceptors (Lipinski definition) is 7. The minimum atomic E-state index is -0.240. The number of piperidine rings is 1. The van der Waals surface area contributed by atoms with E-state index < -0.39 is 0 Å². The maximum atomic E-state index is 13.5. The van der Waals surface area contributed by atoms with Crippen molar-refractivity contribution in [2.45, 2.75) is 75.8 Å². The van der Waals surface area contributed by atoms with Crippen molar-refractivity contribution < 1.29 is 4.79 Å². The number of likely N-dealkylation sites (tertiary alicyclic amines) is 1. The van der Waals surface area contributed by atoms with E-state index in [2.05, 4.69) is 43.6 Å². The Morgan fingerprint density at radius 1 is 1.16 bits per heavy atom. The van der Waals surface area contributed by atoms with Crippen LogP contribution in [0.15, 0.2) is 24.4 Å². The first-order chi connectivity index (χ1) is 18.0. The second-order valence-electron chi connectivity index (χ2n) is 11.8. The zero-order chi connectivity index (χ0) is 25.0. The highest BCUT2D eigenvalue weighted by Crippen LogP contribution is 2.47. The summed E-state index contributed by atoms with van der Waals surface area (Å²) in [4.78, 5) is 27.8. The van der Waals surface area contributed by atoms with Gasteiger partial charge >= 0.3 is 0 Å². The van der Waals surface area contributed by atoms with Crippen molar-refractivity contribution in [1.29, 1.82) is 0 Å². The highest BCUT2D eigenvalue weighted by Gasteiger charge is 2.41. The number of aromatic amines is 1. The van der Waals surface area contributed by atoms with E-state index in [9.17, 15) is 4.79 Å². The molecule has 2 saturated carbocycles. The Bertz CT molecular complexity index is 1290. The predicted octanol–water partition coefficient (Wildman–Crippen LogP) is 3.21. The van der Waals surface area contributed by atoms with E-state index in [1.165, 1.54) is 32.2 Å². The van der Waals surface area contributed by atoms with Crippen molar-refractivity contribution in [3.05, 3.63) is 30.1 Å². The topological polar surface area (TPSA) is 106 Å². The van der Waals surface area contributed by atoms with Crippen molar-refractivity contribution in [1.82, 2.24) is 34.8 Å². The zero-order valence-electron chi connectivity index (χ0n) is 21.6. The van der Waals surface area contributed by atoms with Gasteiger partial charge in [0.25, 0.3) is 0 Å². The lowest BCUT2D eigenvalue weighted by Crippen LogP contribution is -2.53. The van der Waals surface area contributed by atoms with Gasteiger partial charge in [0.1, 0.15) is 11.7 Å². The molecular formula is C27H37N9O. The van der Waals surface area contributed by atoms with Crippen molar-refractivity contribution in [2.75, 3.05) is 36.4 Å². The van der Waals surface area contributed by atoms with Crippen LogP contribution in [0.4, 0.5) is 17.7 Å². The molecule has 2 aliphatic heterocycles. The molecule has 4 fully saturated rings. The van der Waals surface area contributed by atoms with Crippen molar-refractivity contribution >= 4 is 29.3 Å². The minimum Gasteiger partial charge on any atom is -0.350 e. The Morgan fingerprint density at radius 2 is 2.03 bits per heavy atom. The molecule has 3 aromatic rings. The molecule has 2 aliphatic carbocycles. The number of nitrogens with one attached hydrogen (secondary N) is 3. The highest BCUT2D eigenvalue weighted by molar-refractivity contribution is 5.85. The SMILES string of the molecule is CC1(c2cc(Nc3nc(N4CCC[C@H]4C(=O)N[C@@H]4CCCN(CC5CC5)C4)nc4cccn34)n[nH]2)CC1. The van der Waals surface area contributed by atoms with E-state index in [1.54, 1.807) is 0 Å². The lowest BCUT2D eigenvalue weighted by Gasteiger charge is -2.34. The molecule has 3 N–H and O–H groups in total. The molecule has 196 valence electrons. The van der Waals surface area contributed by atoms with Crippen LogP contribution in [0, 0.1) is 5.92 Å². The van der Waals surface area contributed by atoms with Gasteiger partial charge in [0.2, 0.25) is 17.8 Å². The first kappa shape index (κ1) is 23.0. The predicted molar refractivity (Wildman–Crippen MR) is 142 cm³/mol. The standard InChI is InChI=1S/C27H37N9O/c1-27(10-11-27)21-15-22(33-32-21)29-25-31-26(30-23-7-4-14-36(23)25)35-13-3-6-20(35)24(37)28-19-5-2-12-34(17-19)16-18-8-9-18/h4,7,14-15,18-20H,2-3,5-6,8-13,16-17H2,1H3,(H,28,37)(H2,29,30,31,32,33)/t19-,20+/m1/s1. The fraction of sp³-hybridized carbons (Fsp3) is 0.630. The average Bonchev–Trinajstić information content (AvgIpc) is 3.62. The number of amides is 1. The number of carbonyl (C=O) groups is 1. The number of carbonyl (C=O) groups excluding carboxylic acids is 1. The van der Waals surface area contributed by atoms with Crippen LogP contribution in [0.1, 0.15) is 64.0 Å². The third-order valence-corrected chi connectivity index (χ3v) is 8.72. The molecule has 10 heteroatoms. The highest BCUT2D eigenvalue weighted by atomic mass is 16.2. The number of aromatic nitrogens is 5. The third-order valence-electron chi connectivity index (χ3n) is 8.72. The Balaban J connectivity index is 1.08. The van der Waals surface area contributed by atoms with Crippen molar-refractivity contribution in [2.24, 2.45) is 5.92 Å². The number of anilines is 3. The van der Waals surface area contributed by atoms with Crippen LogP contribution in [0.25, 0.3) is 5.65 Å². The fourth-order valence-corrected chi connectivity index (χ4v) is 5.98. The Hall–Kier alpha value is -3.14. The van der Waals surface area contributed by atoms with Gasteiger partial charge in [-0.15, -0.1) is 0 Å². The van der Waals surface area contributed by atoms with Gasteiger partial charge < -0.3 is 20.4 Å². The van der Waals surface area contributed by atoms with Crippen LogP contribution in [-0.2, 0) is 10.2 Å². The van der Waals surface area contributed by atoms with Crippen LogP contribution in [0.2, 0.25) is 0 Å². The van der Waals surface area contributed by atoms with Gasteiger partial charge in [-0.25, -0.2) is 0 Å². The summed E-state index contributed by atoms with van der Waals surface area (Å²) in [6.45, 7) is 6.36. The van der Waals surface area contributed by atoms with Crippen LogP contribution in [-0.4, -0.2) is 73.6 Å². The Kier molecular flexibility index (Phi) is 5.60. The smallest absolute Gasteiger partial charge is 0.243 e. The molecule has 1 amide bonds. The van der Waals surface area contributed by atoms with E-state index in [0.717, 1.165) is 68.4 Å². The van der Waals surface area contributed by atoms with E-state index in [0.29, 0.717) is 11.9 Å². The molecule has 4 aliphatic rings. The summed E-state index contributed by atoms with van der Waals surface area (Å²) in [5.74, 6) is 2.98. The lowest BCUT2D eigenvalue weighted by molar-refractivity contribution is -0.123. The van der Waals surface area contributed by atoms with Gasteiger partial charge in [-0.2, -0.15) is 15.1 Å². The molecular weight excluding hydrogens is 466 g/mol. The second kappa shape index (κ2) is 9.01. The maximum Gasteiger partial charge on any atom is 0.243 e. The van der Waals surface area contributed by atoms with Gasteiger partial charge in [-0.05, 0) is 76.0 Å². The zero-order valence-corrected chi connectivity index (χ0v) is 21.6. The van der Waals surface area contributed by atoms with Crippen molar-refractivity contribution in [3.8, 4) is 0 Å². The number of H-pyrrole nitrogens is 1. The van der Waals surface area contributed by atoms with E-state index in [1.807, 2.05) is 22.7 Å². The molecule has 2 saturated heterocycles. The van der Waals surface area contributed by atoms with E-state index in [4.69, 9.17) is 9.97 Å². The van der Waals surface area contributed by atoms with Crippen LogP contribution < -0.4 is 15.5 Å². The maximum absolute atomic E-state index is 13.5. The normalized spacial score (nSPS) is 25.5. The van der Waals surface area contributed by atoms with Gasteiger partial charge in [0.15, 0.2) is 5.82 Å². The van der Waals surface area contributed by atoms with Gasteiger partial charge in [-0.1, -0.05) is 6.92 Å². The molecule has 0 unspecified atom stereocenters. The quantitative estimate of drug-likeness (QED) is 0.433.